The molecule has 0 aromatic heterocycles. The maximum absolute atomic E-state index is 13.1. The number of alkyl halides is 7. The summed E-state index contributed by atoms with van der Waals surface area (Å²) >= 11 is 0. The first-order valence-electron chi connectivity index (χ1n) is 37.6. The van der Waals surface area contributed by atoms with Crippen molar-refractivity contribution in [2.75, 3.05) is 49.8 Å². The first-order valence-corrected chi connectivity index (χ1v) is 45.6. The van der Waals surface area contributed by atoms with E-state index < -0.39 is 83.9 Å². The van der Waals surface area contributed by atoms with E-state index in [0.29, 0.717) is 23.4 Å². The number of anilines is 2. The largest absolute Gasteiger partial charge is 0.748 e. The van der Waals surface area contributed by atoms with Gasteiger partial charge in [0.1, 0.15) is 6.61 Å². The van der Waals surface area contributed by atoms with Gasteiger partial charge in [0.2, 0.25) is 0 Å². The van der Waals surface area contributed by atoms with Gasteiger partial charge in [-0.25, -0.2) is 30.0 Å². The van der Waals surface area contributed by atoms with Gasteiger partial charge in [0, 0.05) is 32.0 Å². The van der Waals surface area contributed by atoms with Crippen LogP contribution in [0.1, 0.15) is 55.3 Å². The first kappa shape index (κ1) is 93.6. The third kappa shape index (κ3) is 27.9. The van der Waals surface area contributed by atoms with E-state index in [1.54, 1.807) is 61.5 Å². The first-order chi connectivity index (χ1) is 57.1. The summed E-state index contributed by atoms with van der Waals surface area (Å²) in [6.07, 6.45) is -4.70. The molecule has 0 heterocycles. The van der Waals surface area contributed by atoms with Crippen molar-refractivity contribution >= 4 is 92.3 Å². The van der Waals surface area contributed by atoms with E-state index in [-0.39, 0.29) is 62.8 Å². The molecular formula is C90H87F7N2O15S6. The molecule has 4 bridgehead atoms. The van der Waals surface area contributed by atoms with Crippen molar-refractivity contribution in [1.29, 1.82) is 0 Å². The Balaban J connectivity index is 0.000000164. The molecule has 11 aromatic rings. The molecule has 120 heavy (non-hydrogen) atoms. The molecule has 1 N–H and O–H groups in total. The number of hydrogen-bond donors (Lipinski definition) is 1. The van der Waals surface area contributed by atoms with Crippen molar-refractivity contribution < 1.29 is 98.2 Å². The van der Waals surface area contributed by atoms with E-state index in [1.807, 2.05) is 0 Å². The fourth-order valence-electron chi connectivity index (χ4n) is 13.7. The van der Waals surface area contributed by atoms with Gasteiger partial charge in [-0.3, -0.25) is 9.59 Å². The summed E-state index contributed by atoms with van der Waals surface area (Å²) in [5.74, 6) is -1.85. The smallest absolute Gasteiger partial charge is 0.432 e. The standard InChI is InChI=1S/3C18H15S.C13H20O5S.C12H12F5NO5S.C11H13F2NO5S/c3*1-4-10-16(11-5-1)19(17-12-6-2-7-13-17)18-14-8-3-9-15-18;14-12(18-1-2-19(15,16)17)13-6-9-3-10(7-13)5-11(4-9)8-13;13-11(14,15)10(12(16,17)24(20,21)22)23-9(19)6-7-18-8-4-2-1-3-5-8;1-14(2)9-5-3-8(4-6-9)10(15)19-7-11(12,13)20(16,17)18/h3*1-15H;9-11H,1-8H2,(H,15,16,17);1-5,10,18H,6-7H2,(H,20,21,22);3-6H,7H2,1-2H3,(H,16,17,18)/q3*+1;;;/p-3. The van der Waals surface area contributed by atoms with Gasteiger partial charge >= 0.3 is 34.6 Å². The molecule has 4 saturated carbocycles. The fourth-order valence-corrected chi connectivity index (χ4v) is 20.9. The van der Waals surface area contributed by atoms with Crippen molar-refractivity contribution in [3.8, 4) is 0 Å². The molecule has 15 rings (SSSR count). The maximum atomic E-state index is 13.1. The molecule has 1 atom stereocenters. The zero-order valence-electron chi connectivity index (χ0n) is 64.9. The van der Waals surface area contributed by atoms with Gasteiger partial charge in [-0.1, -0.05) is 182 Å². The third-order valence-electron chi connectivity index (χ3n) is 18.8. The number of rotatable bonds is 25. The Hall–Kier alpha value is -10.3. The van der Waals surface area contributed by atoms with Gasteiger partial charge in [-0.05, 0) is 202 Å². The SMILES string of the molecule is CN(C)c1ccc(C(=O)OCC(F)(F)S(=O)(=O)[O-])cc1.O=C(CCNc1ccccc1)OC(C(F)(F)F)C(F)(F)S(=O)(=O)[O-].O=C(OCCS(=O)(=O)[O-])C12CC3CC(CC(C3)C1)C2.c1ccc([S+](c2ccccc2)c2ccccc2)cc1.c1ccc([S+](c2ccccc2)c2ccccc2)cc1.c1ccc([S+](c2ccccc2)c2ccccc2)cc1. The highest BCUT2D eigenvalue weighted by Gasteiger charge is 2.63. The van der Waals surface area contributed by atoms with Crippen LogP contribution in [0.25, 0.3) is 0 Å². The Morgan fingerprint density at radius 2 is 0.725 bits per heavy atom. The molecule has 11 aromatic carbocycles. The molecule has 0 spiro atoms. The van der Waals surface area contributed by atoms with Gasteiger partial charge in [-0.15, -0.1) is 0 Å². The van der Waals surface area contributed by atoms with Crippen molar-refractivity contribution in [1.82, 2.24) is 0 Å². The number of esters is 3. The van der Waals surface area contributed by atoms with Crippen LogP contribution >= 0.6 is 0 Å². The van der Waals surface area contributed by atoms with Gasteiger partial charge in [0.05, 0.1) is 66.0 Å². The molecule has 0 aliphatic heterocycles. The molecule has 4 fully saturated rings. The number of carbonyl (C=O) groups excluding carboxylic acids is 3. The molecule has 1 unspecified atom stereocenters. The van der Waals surface area contributed by atoms with Gasteiger partial charge in [0.25, 0.3) is 6.10 Å². The van der Waals surface area contributed by atoms with Crippen molar-refractivity contribution in [2.45, 2.75) is 112 Å². The van der Waals surface area contributed by atoms with E-state index in [2.05, 4.69) is 288 Å². The Bertz CT molecular complexity index is 4740. The summed E-state index contributed by atoms with van der Waals surface area (Å²) in [4.78, 5) is 49.0. The lowest BCUT2D eigenvalue weighted by atomic mass is 9.49. The van der Waals surface area contributed by atoms with Gasteiger partial charge in [0.15, 0.2) is 70.9 Å². The minimum absolute atomic E-state index is 0.0146. The molecule has 0 saturated heterocycles. The van der Waals surface area contributed by atoms with Crippen LogP contribution in [0.2, 0.25) is 0 Å². The average Bonchev–Trinajstić information content (AvgIpc) is 0.741. The van der Waals surface area contributed by atoms with Crippen molar-refractivity contribution in [3.05, 3.63) is 333 Å². The van der Waals surface area contributed by atoms with Crippen LogP contribution in [0, 0.1) is 23.2 Å². The number of nitrogens with zero attached hydrogens (tertiary/aromatic N) is 1. The quantitative estimate of drug-likeness (QED) is 0.0183. The van der Waals surface area contributed by atoms with E-state index in [0.717, 1.165) is 24.9 Å². The minimum atomic E-state index is -6.69. The zero-order chi connectivity index (χ0) is 86.6. The minimum Gasteiger partial charge on any atom is -0.748 e. The third-order valence-corrected chi connectivity index (χ3v) is 27.9. The van der Waals surface area contributed by atoms with E-state index in [1.165, 1.54) is 75.5 Å². The molecule has 0 radical (unpaired) electrons. The summed E-state index contributed by atoms with van der Waals surface area (Å²) in [6, 6.07) is 110. The lowest BCUT2D eigenvalue weighted by molar-refractivity contribution is -0.259. The molecule has 17 nitrogen and oxygen atoms in total. The van der Waals surface area contributed by atoms with Crippen LogP contribution in [0.4, 0.5) is 42.1 Å². The molecular weight excluding hydrogens is 1670 g/mol. The predicted molar refractivity (Wildman–Crippen MR) is 446 cm³/mol. The average molecular weight is 1760 g/mol. The zero-order valence-corrected chi connectivity index (χ0v) is 69.8. The van der Waals surface area contributed by atoms with Crippen molar-refractivity contribution in [2.24, 2.45) is 23.2 Å². The molecule has 0 amide bonds. The Morgan fingerprint density at radius 1 is 0.433 bits per heavy atom. The van der Waals surface area contributed by atoms with Crippen LogP contribution in [-0.4, -0.2) is 119 Å². The second-order valence-corrected chi connectivity index (χ2v) is 38.5. The highest BCUT2D eigenvalue weighted by atomic mass is 32.2. The Kier molecular flexibility index (Phi) is 34.2. The number of ether oxygens (including phenoxy) is 3. The lowest BCUT2D eigenvalue weighted by Crippen LogP contribution is -2.52. The maximum Gasteiger partial charge on any atom is 0.432 e. The van der Waals surface area contributed by atoms with Crippen LogP contribution in [0.15, 0.2) is 372 Å². The molecule has 30 heteroatoms. The Morgan fingerprint density at radius 3 is 0.983 bits per heavy atom. The second-order valence-electron chi connectivity index (χ2n) is 27.9. The highest BCUT2D eigenvalue weighted by Crippen LogP contribution is 2.60. The fraction of sp³-hybridized carbons (Fsp3) is 0.233. The summed E-state index contributed by atoms with van der Waals surface area (Å²) in [7, 11) is -13.4. The van der Waals surface area contributed by atoms with Gasteiger partial charge in [-0.2, -0.15) is 30.7 Å². The molecule has 4 aliphatic carbocycles. The summed E-state index contributed by atoms with van der Waals surface area (Å²) < 4.78 is 195. The van der Waals surface area contributed by atoms with Crippen molar-refractivity contribution in [3.63, 3.8) is 0 Å². The van der Waals surface area contributed by atoms with Crippen LogP contribution in [0.3, 0.4) is 0 Å². The number of para-hydroxylation sites is 1. The van der Waals surface area contributed by atoms with E-state index in [9.17, 15) is 84.0 Å². The summed E-state index contributed by atoms with van der Waals surface area (Å²) in [5, 5.41) is -7.88. The number of hydrogen-bond acceptors (Lipinski definition) is 17. The second kappa shape index (κ2) is 43.8. The summed E-state index contributed by atoms with van der Waals surface area (Å²) in [6.45, 7) is -2.37. The number of halogens is 7. The normalized spacial score (nSPS) is 16.2. The number of carbonyl (C=O) groups is 3. The highest BCUT2D eigenvalue weighted by molar-refractivity contribution is 7.97. The van der Waals surface area contributed by atoms with Gasteiger partial charge < -0.3 is 38.1 Å². The Labute approximate surface area is 703 Å². The predicted octanol–water partition coefficient (Wildman–Crippen LogP) is 18.8. The topological polar surface area (TPSA) is 266 Å². The molecule has 4 aliphatic rings. The lowest BCUT2D eigenvalue weighted by Gasteiger charge is -2.55. The van der Waals surface area contributed by atoms with E-state index >= 15 is 0 Å². The van der Waals surface area contributed by atoms with Crippen LogP contribution in [0.5, 0.6) is 0 Å². The van der Waals surface area contributed by atoms with Crippen LogP contribution < -0.4 is 10.2 Å². The number of benzene rings is 11. The monoisotopic (exact) mass is 1760 g/mol. The van der Waals surface area contributed by atoms with E-state index in [4.69, 9.17) is 4.74 Å². The molecule has 632 valence electrons. The summed E-state index contributed by atoms with van der Waals surface area (Å²) in [5.41, 5.74) is 0.871. The van der Waals surface area contributed by atoms with Crippen LogP contribution in [-0.2, 0) is 86.8 Å². The number of nitrogens with one attached hydrogen (secondary N) is 1.